The third-order valence-corrected chi connectivity index (χ3v) is 4.02. The molecule has 1 N–H and O–H groups in total. The fraction of sp³-hybridized carbons (Fsp3) is 0.143. The fourth-order valence-corrected chi connectivity index (χ4v) is 2.84. The van der Waals surface area contributed by atoms with Crippen LogP contribution in [0.15, 0.2) is 47.4 Å². The van der Waals surface area contributed by atoms with E-state index in [0.29, 0.717) is 11.1 Å². The molecule has 0 amide bonds. The van der Waals surface area contributed by atoms with Gasteiger partial charge in [-0.25, -0.2) is 0 Å². The van der Waals surface area contributed by atoms with Crippen LogP contribution in [0.2, 0.25) is 0 Å². The maximum atomic E-state index is 11.4. The van der Waals surface area contributed by atoms with Crippen LogP contribution < -0.4 is 0 Å². The minimum absolute atomic E-state index is 0.0496. The first-order chi connectivity index (χ1) is 9.79. The van der Waals surface area contributed by atoms with E-state index in [1.54, 1.807) is 37.3 Å². The number of para-hydroxylation sites is 1. The van der Waals surface area contributed by atoms with E-state index in [0.717, 1.165) is 5.56 Å². The van der Waals surface area contributed by atoms with Crippen LogP contribution >= 0.6 is 0 Å². The average Bonchev–Trinajstić information content (AvgIpc) is 2.37. The van der Waals surface area contributed by atoms with Crippen LogP contribution in [-0.4, -0.2) is 17.9 Å². The van der Waals surface area contributed by atoms with Crippen molar-refractivity contribution in [3.63, 3.8) is 0 Å². The van der Waals surface area contributed by atoms with Crippen molar-refractivity contribution in [1.29, 1.82) is 0 Å². The summed E-state index contributed by atoms with van der Waals surface area (Å²) >= 11 is 0. The van der Waals surface area contributed by atoms with Gasteiger partial charge in [0.2, 0.25) is 0 Å². The monoisotopic (exact) mass is 307 g/mol. The van der Waals surface area contributed by atoms with Crippen molar-refractivity contribution in [3.05, 3.63) is 69.3 Å². The van der Waals surface area contributed by atoms with Crippen molar-refractivity contribution in [2.45, 2.75) is 18.2 Å². The summed E-state index contributed by atoms with van der Waals surface area (Å²) in [5.74, 6) is 0. The van der Waals surface area contributed by atoms with Crippen LogP contribution in [0, 0.1) is 17.0 Å². The summed E-state index contributed by atoms with van der Waals surface area (Å²) < 4.78 is 32.0. The molecule has 0 aromatic heterocycles. The zero-order valence-electron chi connectivity index (χ0n) is 11.2. The number of rotatable bonds is 4. The van der Waals surface area contributed by atoms with Crippen molar-refractivity contribution in [2.75, 3.05) is 0 Å². The quantitative estimate of drug-likeness (QED) is 0.532. The van der Waals surface area contributed by atoms with E-state index in [1.165, 1.54) is 12.1 Å². The lowest BCUT2D eigenvalue weighted by molar-refractivity contribution is -0.385. The Morgan fingerprint density at radius 3 is 2.43 bits per heavy atom. The maximum absolute atomic E-state index is 11.4. The van der Waals surface area contributed by atoms with Crippen molar-refractivity contribution >= 4 is 15.8 Å². The molecule has 2 aromatic rings. The van der Waals surface area contributed by atoms with E-state index in [2.05, 4.69) is 0 Å². The van der Waals surface area contributed by atoms with Crippen LogP contribution in [0.25, 0.3) is 0 Å². The minimum Gasteiger partial charge on any atom is -0.282 e. The Hall–Kier alpha value is -2.25. The topological polar surface area (TPSA) is 97.5 Å². The maximum Gasteiger partial charge on any atom is 0.294 e. The summed E-state index contributed by atoms with van der Waals surface area (Å²) in [4.78, 5) is 10.3. The van der Waals surface area contributed by atoms with Crippen LogP contribution in [0.1, 0.15) is 16.7 Å². The van der Waals surface area contributed by atoms with E-state index in [9.17, 15) is 23.1 Å². The number of aryl methyl sites for hydroxylation is 1. The molecule has 6 nitrogen and oxygen atoms in total. The van der Waals surface area contributed by atoms with Gasteiger partial charge in [0.25, 0.3) is 15.8 Å². The highest BCUT2D eigenvalue weighted by Crippen LogP contribution is 2.25. The Bertz CT molecular complexity index is 799. The first kappa shape index (κ1) is 15.1. The Morgan fingerprint density at radius 1 is 1.14 bits per heavy atom. The van der Waals surface area contributed by atoms with Gasteiger partial charge in [-0.2, -0.15) is 8.42 Å². The third-order valence-electron chi connectivity index (χ3n) is 3.06. The molecule has 0 atom stereocenters. The Morgan fingerprint density at radius 2 is 1.81 bits per heavy atom. The third kappa shape index (κ3) is 3.45. The summed E-state index contributed by atoms with van der Waals surface area (Å²) in [6.07, 6.45) is 0.0496. The van der Waals surface area contributed by atoms with E-state index in [-0.39, 0.29) is 17.0 Å². The molecule has 7 heteroatoms. The van der Waals surface area contributed by atoms with Gasteiger partial charge in [-0.15, -0.1) is 0 Å². The number of hydrogen-bond acceptors (Lipinski definition) is 4. The lowest BCUT2D eigenvalue weighted by atomic mass is 10.0. The molecule has 110 valence electrons. The predicted molar refractivity (Wildman–Crippen MR) is 76.9 cm³/mol. The molecule has 21 heavy (non-hydrogen) atoms. The molecular formula is C14H13NO5S. The molecule has 0 aliphatic heterocycles. The molecule has 0 saturated carbocycles. The normalized spacial score (nSPS) is 11.3. The molecule has 0 fully saturated rings. The first-order valence-electron chi connectivity index (χ1n) is 6.08. The van der Waals surface area contributed by atoms with Crippen LogP contribution in [-0.2, 0) is 16.5 Å². The Labute approximate surface area is 121 Å². The van der Waals surface area contributed by atoms with Crippen LogP contribution in [0.5, 0.6) is 0 Å². The molecule has 0 spiro atoms. The van der Waals surface area contributed by atoms with Crippen molar-refractivity contribution in [1.82, 2.24) is 0 Å². The molecule has 0 aliphatic rings. The van der Waals surface area contributed by atoms with Crippen LogP contribution in [0.3, 0.4) is 0 Å². The summed E-state index contributed by atoms with van der Waals surface area (Å²) in [5, 5.41) is 11.0. The number of nitro benzene ring substituents is 1. The Balaban J connectivity index is 2.55. The molecule has 0 radical (unpaired) electrons. The summed E-state index contributed by atoms with van der Waals surface area (Å²) in [6.45, 7) is 1.77. The van der Waals surface area contributed by atoms with Gasteiger partial charge in [0.1, 0.15) is 0 Å². The molecule has 0 bridgehead atoms. The van der Waals surface area contributed by atoms with Gasteiger partial charge in [-0.1, -0.05) is 35.9 Å². The van der Waals surface area contributed by atoms with Gasteiger partial charge in [-0.3, -0.25) is 14.7 Å². The fourth-order valence-electron chi connectivity index (χ4n) is 2.14. The molecular weight excluding hydrogens is 294 g/mol. The molecule has 0 heterocycles. The first-order valence-corrected chi connectivity index (χ1v) is 7.52. The predicted octanol–water partition coefficient (Wildman–Crippen LogP) is 2.74. The smallest absolute Gasteiger partial charge is 0.282 e. The van der Waals surface area contributed by atoms with E-state index in [1.807, 2.05) is 0 Å². The summed E-state index contributed by atoms with van der Waals surface area (Å²) in [6, 6.07) is 10.6. The minimum atomic E-state index is -4.37. The zero-order chi connectivity index (χ0) is 15.6. The van der Waals surface area contributed by atoms with Crippen molar-refractivity contribution in [3.8, 4) is 0 Å². The highest BCUT2D eigenvalue weighted by atomic mass is 32.2. The van der Waals surface area contributed by atoms with Gasteiger partial charge in [0, 0.05) is 18.1 Å². The van der Waals surface area contributed by atoms with Crippen molar-refractivity contribution in [2.24, 2.45) is 0 Å². The second-order valence-corrected chi connectivity index (χ2v) is 6.04. The lowest BCUT2D eigenvalue weighted by Crippen LogP contribution is -2.05. The van der Waals surface area contributed by atoms with Gasteiger partial charge in [-0.05, 0) is 18.6 Å². The largest absolute Gasteiger partial charge is 0.294 e. The molecule has 0 unspecified atom stereocenters. The molecule has 2 aromatic carbocycles. The number of benzene rings is 2. The molecule has 2 rings (SSSR count). The molecule has 0 aliphatic carbocycles. The second kappa shape index (κ2) is 5.63. The van der Waals surface area contributed by atoms with E-state index >= 15 is 0 Å². The van der Waals surface area contributed by atoms with Gasteiger partial charge < -0.3 is 0 Å². The van der Waals surface area contributed by atoms with E-state index < -0.39 is 15.0 Å². The highest BCUT2D eigenvalue weighted by molar-refractivity contribution is 7.85. The molecule has 0 saturated heterocycles. The van der Waals surface area contributed by atoms with Crippen molar-refractivity contribution < 1.29 is 17.9 Å². The van der Waals surface area contributed by atoms with Gasteiger partial charge in [0.05, 0.1) is 9.82 Å². The SMILES string of the molecule is Cc1ccc(S(=O)(=O)O)c(Cc2ccccc2[N+](=O)[O-])c1. The zero-order valence-corrected chi connectivity index (χ0v) is 12.0. The number of hydrogen-bond donors (Lipinski definition) is 1. The number of nitro groups is 1. The lowest BCUT2D eigenvalue weighted by Gasteiger charge is -2.09. The van der Waals surface area contributed by atoms with Gasteiger partial charge in [0.15, 0.2) is 0 Å². The second-order valence-electron chi connectivity index (χ2n) is 4.65. The Kier molecular flexibility index (Phi) is 4.06. The standard InChI is InChI=1S/C14H13NO5S/c1-10-6-7-14(21(18,19)20)12(8-10)9-11-4-2-3-5-13(11)15(16)17/h2-8H,9H2,1H3,(H,18,19,20). The highest BCUT2D eigenvalue weighted by Gasteiger charge is 2.19. The van der Waals surface area contributed by atoms with E-state index in [4.69, 9.17) is 0 Å². The summed E-state index contributed by atoms with van der Waals surface area (Å²) in [7, 11) is -4.37. The summed E-state index contributed by atoms with van der Waals surface area (Å²) in [5.41, 5.74) is 1.43. The van der Waals surface area contributed by atoms with Crippen LogP contribution in [0.4, 0.5) is 5.69 Å². The van der Waals surface area contributed by atoms with Gasteiger partial charge >= 0.3 is 0 Å². The number of nitrogens with zero attached hydrogens (tertiary/aromatic N) is 1. The average molecular weight is 307 g/mol.